The summed E-state index contributed by atoms with van der Waals surface area (Å²) < 4.78 is 41.2. The Kier molecular flexibility index (Phi) is 3.16. The van der Waals surface area contributed by atoms with Crippen molar-refractivity contribution in [3.63, 3.8) is 0 Å². The van der Waals surface area contributed by atoms with E-state index in [1.807, 2.05) is 11.5 Å². The first-order valence-electron chi connectivity index (χ1n) is 6.32. The van der Waals surface area contributed by atoms with Crippen LogP contribution in [0.2, 0.25) is 0 Å². The van der Waals surface area contributed by atoms with Crippen LogP contribution >= 0.6 is 11.3 Å². The third kappa shape index (κ3) is 2.27. The van der Waals surface area contributed by atoms with Crippen molar-refractivity contribution < 1.29 is 13.2 Å². The van der Waals surface area contributed by atoms with E-state index in [4.69, 9.17) is 5.73 Å². The van der Waals surface area contributed by atoms with Gasteiger partial charge in [0.05, 0.1) is 11.0 Å². The van der Waals surface area contributed by atoms with Gasteiger partial charge in [-0.25, -0.2) is 4.98 Å². The van der Waals surface area contributed by atoms with Crippen LogP contribution in [-0.4, -0.2) is 9.55 Å². The van der Waals surface area contributed by atoms with Gasteiger partial charge >= 0.3 is 6.18 Å². The normalized spacial score (nSPS) is 12.2. The van der Waals surface area contributed by atoms with E-state index in [2.05, 4.69) is 4.98 Å². The molecule has 0 atom stereocenters. The molecule has 3 rings (SSSR count). The fourth-order valence-corrected chi connectivity index (χ4v) is 3.16. The number of aromatic nitrogens is 2. The standard InChI is InChI=1S/C14H12F3N3S/c1-2-20-7-9(12-10(20)3-4-11(18)19-12)8-5-6-21-13(8)14(15,16)17/h3-7H,2H2,1H3,(H2,18,19). The lowest BCUT2D eigenvalue weighted by molar-refractivity contribution is -0.133. The van der Waals surface area contributed by atoms with Crippen molar-refractivity contribution in [1.82, 2.24) is 9.55 Å². The summed E-state index contributed by atoms with van der Waals surface area (Å²) in [5.41, 5.74) is 7.58. The lowest BCUT2D eigenvalue weighted by Crippen LogP contribution is -2.03. The Bertz CT molecular complexity index is 801. The van der Waals surface area contributed by atoms with Gasteiger partial charge in [-0.05, 0) is 30.5 Å². The number of fused-ring (bicyclic) bond motifs is 1. The molecule has 3 aromatic heterocycles. The van der Waals surface area contributed by atoms with Crippen LogP contribution in [0.25, 0.3) is 22.2 Å². The van der Waals surface area contributed by atoms with Gasteiger partial charge in [0.25, 0.3) is 0 Å². The number of nitrogens with two attached hydrogens (primary N) is 1. The molecule has 0 unspecified atom stereocenters. The molecule has 0 bridgehead atoms. The van der Waals surface area contributed by atoms with Crippen LogP contribution in [0.5, 0.6) is 0 Å². The molecule has 7 heteroatoms. The molecular weight excluding hydrogens is 299 g/mol. The second-order valence-corrected chi connectivity index (χ2v) is 5.51. The van der Waals surface area contributed by atoms with Gasteiger partial charge in [-0.15, -0.1) is 11.3 Å². The number of alkyl halides is 3. The van der Waals surface area contributed by atoms with Gasteiger partial charge in [0.15, 0.2) is 0 Å². The minimum Gasteiger partial charge on any atom is -0.384 e. The van der Waals surface area contributed by atoms with Crippen molar-refractivity contribution in [3.05, 3.63) is 34.7 Å². The first-order chi connectivity index (χ1) is 9.91. The van der Waals surface area contributed by atoms with Crippen molar-refractivity contribution in [2.24, 2.45) is 0 Å². The Balaban J connectivity index is 2.31. The highest BCUT2D eigenvalue weighted by molar-refractivity contribution is 7.10. The monoisotopic (exact) mass is 311 g/mol. The van der Waals surface area contributed by atoms with Crippen molar-refractivity contribution in [3.8, 4) is 11.1 Å². The molecule has 0 fully saturated rings. The van der Waals surface area contributed by atoms with E-state index in [9.17, 15) is 13.2 Å². The molecule has 110 valence electrons. The van der Waals surface area contributed by atoms with Crippen LogP contribution < -0.4 is 5.73 Å². The quantitative estimate of drug-likeness (QED) is 0.763. The fraction of sp³-hybridized carbons (Fsp3) is 0.214. The highest BCUT2D eigenvalue weighted by Crippen LogP contribution is 2.43. The largest absolute Gasteiger partial charge is 0.426 e. The third-order valence-electron chi connectivity index (χ3n) is 3.30. The number of hydrogen-bond acceptors (Lipinski definition) is 3. The molecule has 0 saturated carbocycles. The van der Waals surface area contributed by atoms with Gasteiger partial charge < -0.3 is 10.3 Å². The summed E-state index contributed by atoms with van der Waals surface area (Å²) in [6, 6.07) is 4.91. The second-order valence-electron chi connectivity index (χ2n) is 4.59. The van der Waals surface area contributed by atoms with Crippen LogP contribution in [0.15, 0.2) is 29.8 Å². The van der Waals surface area contributed by atoms with Gasteiger partial charge in [0, 0.05) is 23.9 Å². The maximum Gasteiger partial charge on any atom is 0.426 e. The SMILES string of the molecule is CCn1cc(-c2ccsc2C(F)(F)F)c2nc(N)ccc21. The van der Waals surface area contributed by atoms with Gasteiger partial charge in [-0.1, -0.05) is 0 Å². The molecule has 0 radical (unpaired) electrons. The Labute approximate surface area is 122 Å². The molecule has 0 aliphatic rings. The average Bonchev–Trinajstić information content (AvgIpc) is 3.00. The lowest BCUT2D eigenvalue weighted by Gasteiger charge is -2.06. The number of anilines is 1. The van der Waals surface area contributed by atoms with Crippen molar-refractivity contribution in [2.75, 3.05) is 5.73 Å². The highest BCUT2D eigenvalue weighted by atomic mass is 32.1. The summed E-state index contributed by atoms with van der Waals surface area (Å²) in [5.74, 6) is 0.293. The molecule has 21 heavy (non-hydrogen) atoms. The van der Waals surface area contributed by atoms with E-state index in [1.54, 1.807) is 18.3 Å². The smallest absolute Gasteiger partial charge is 0.384 e. The van der Waals surface area contributed by atoms with E-state index in [-0.39, 0.29) is 5.56 Å². The van der Waals surface area contributed by atoms with Gasteiger partial charge in [-0.2, -0.15) is 13.2 Å². The van der Waals surface area contributed by atoms with E-state index in [1.165, 1.54) is 11.4 Å². The summed E-state index contributed by atoms with van der Waals surface area (Å²) in [6.45, 7) is 2.57. The maximum atomic E-state index is 13.1. The Morgan fingerprint density at radius 3 is 2.67 bits per heavy atom. The van der Waals surface area contributed by atoms with Gasteiger partial charge in [0.2, 0.25) is 0 Å². The molecule has 2 N–H and O–H groups in total. The van der Waals surface area contributed by atoms with Crippen molar-refractivity contribution in [1.29, 1.82) is 0 Å². The molecule has 0 amide bonds. The van der Waals surface area contributed by atoms with E-state index >= 15 is 0 Å². The summed E-state index contributed by atoms with van der Waals surface area (Å²) in [5, 5.41) is 1.44. The maximum absolute atomic E-state index is 13.1. The van der Waals surface area contributed by atoms with Crippen LogP contribution in [0, 0.1) is 0 Å². The number of rotatable bonds is 2. The Morgan fingerprint density at radius 1 is 1.24 bits per heavy atom. The number of pyridine rings is 1. The average molecular weight is 311 g/mol. The summed E-state index contributed by atoms with van der Waals surface area (Å²) >= 11 is 0.688. The fourth-order valence-electron chi connectivity index (χ4n) is 2.38. The third-order valence-corrected chi connectivity index (χ3v) is 4.26. The Hall–Kier alpha value is -2.02. The van der Waals surface area contributed by atoms with Crippen molar-refractivity contribution >= 4 is 28.2 Å². The summed E-state index contributed by atoms with van der Waals surface area (Å²) in [6.07, 6.45) is -2.67. The van der Waals surface area contributed by atoms with Crippen LogP contribution in [0.4, 0.5) is 19.0 Å². The zero-order chi connectivity index (χ0) is 15.2. The lowest BCUT2D eigenvalue weighted by atomic mass is 10.1. The number of halogens is 3. The predicted molar refractivity (Wildman–Crippen MR) is 78.1 cm³/mol. The molecule has 0 aliphatic heterocycles. The number of aryl methyl sites for hydroxylation is 1. The first kappa shape index (κ1) is 13.9. The molecular formula is C14H12F3N3S. The molecule has 0 aliphatic carbocycles. The molecule has 3 aromatic rings. The van der Waals surface area contributed by atoms with Gasteiger partial charge in [-0.3, -0.25) is 0 Å². The minimum absolute atomic E-state index is 0.155. The van der Waals surface area contributed by atoms with Crippen molar-refractivity contribution in [2.45, 2.75) is 19.6 Å². The van der Waals surface area contributed by atoms with E-state index in [0.29, 0.717) is 34.8 Å². The summed E-state index contributed by atoms with van der Waals surface area (Å²) in [4.78, 5) is 3.61. The van der Waals surface area contributed by atoms with Crippen LogP contribution in [-0.2, 0) is 12.7 Å². The predicted octanol–water partition coefficient (Wildman–Crippen LogP) is 4.39. The zero-order valence-electron chi connectivity index (χ0n) is 11.1. The van der Waals surface area contributed by atoms with Gasteiger partial charge in [0.1, 0.15) is 10.7 Å². The van der Waals surface area contributed by atoms with E-state index < -0.39 is 11.1 Å². The van der Waals surface area contributed by atoms with Crippen LogP contribution in [0.3, 0.4) is 0 Å². The second kappa shape index (κ2) is 4.77. The molecule has 3 nitrogen and oxygen atoms in total. The number of thiophene rings is 1. The molecule has 0 spiro atoms. The van der Waals surface area contributed by atoms with E-state index in [0.717, 1.165) is 5.52 Å². The minimum atomic E-state index is -4.37. The Morgan fingerprint density at radius 2 is 2.00 bits per heavy atom. The molecule has 3 heterocycles. The number of hydrogen-bond donors (Lipinski definition) is 1. The number of nitrogen functional groups attached to an aromatic ring is 1. The highest BCUT2D eigenvalue weighted by Gasteiger charge is 2.36. The topological polar surface area (TPSA) is 43.8 Å². The molecule has 0 saturated heterocycles. The summed E-state index contributed by atoms with van der Waals surface area (Å²) in [7, 11) is 0. The van der Waals surface area contributed by atoms with Crippen LogP contribution in [0.1, 0.15) is 11.8 Å². The number of nitrogens with zero attached hydrogens (tertiary/aromatic N) is 2. The molecule has 0 aromatic carbocycles. The zero-order valence-corrected chi connectivity index (χ0v) is 11.9. The first-order valence-corrected chi connectivity index (χ1v) is 7.20.